The van der Waals surface area contributed by atoms with Crippen LogP contribution in [0.3, 0.4) is 0 Å². The zero-order valence-electron chi connectivity index (χ0n) is 9.45. The summed E-state index contributed by atoms with van der Waals surface area (Å²) in [5, 5.41) is 18.1. The van der Waals surface area contributed by atoms with E-state index in [4.69, 9.17) is 5.11 Å². The number of hydrogen-bond acceptors (Lipinski definition) is 3. The summed E-state index contributed by atoms with van der Waals surface area (Å²) in [6, 6.07) is -0.421. The maximum absolute atomic E-state index is 11.5. The molecular weight excluding hydrogens is 240 g/mol. The quantitative estimate of drug-likeness (QED) is 0.761. The van der Waals surface area contributed by atoms with E-state index >= 15 is 0 Å². The van der Waals surface area contributed by atoms with Crippen LogP contribution in [0, 0.1) is 6.92 Å². The van der Waals surface area contributed by atoms with Gasteiger partial charge in [0, 0.05) is 6.54 Å². The van der Waals surface area contributed by atoms with E-state index in [1.165, 1.54) is 0 Å². The van der Waals surface area contributed by atoms with Gasteiger partial charge in [-0.15, -0.1) is 0 Å². The minimum absolute atomic E-state index is 0.421. The average Bonchev–Trinajstić information content (AvgIpc) is 2.93. The number of thiophene rings is 1. The normalized spacial score (nSPS) is 16.3. The summed E-state index contributed by atoms with van der Waals surface area (Å²) < 4.78 is 0. The number of aryl methyl sites for hydroxylation is 1. The van der Waals surface area contributed by atoms with Crippen LogP contribution in [0.5, 0.6) is 0 Å². The van der Waals surface area contributed by atoms with Crippen LogP contribution < -0.4 is 10.6 Å². The van der Waals surface area contributed by atoms with Crippen molar-refractivity contribution in [3.63, 3.8) is 0 Å². The van der Waals surface area contributed by atoms with E-state index in [2.05, 4.69) is 10.6 Å². The Hall–Kier alpha value is -1.56. The highest BCUT2D eigenvalue weighted by Crippen LogP contribution is 2.35. The molecule has 0 saturated heterocycles. The second kappa shape index (κ2) is 4.37. The molecule has 0 radical (unpaired) electrons. The highest BCUT2D eigenvalue weighted by molar-refractivity contribution is 7.08. The minimum Gasteiger partial charge on any atom is -0.480 e. The lowest BCUT2D eigenvalue weighted by Crippen LogP contribution is -2.47. The monoisotopic (exact) mass is 254 g/mol. The Labute approximate surface area is 103 Å². The number of aliphatic carboxylic acids is 1. The molecule has 92 valence electrons. The number of carbonyl (C=O) groups excluding carboxylic acids is 1. The maximum atomic E-state index is 11.5. The zero-order chi connectivity index (χ0) is 12.5. The molecule has 3 N–H and O–H groups in total. The van der Waals surface area contributed by atoms with Crippen molar-refractivity contribution in [2.45, 2.75) is 31.8 Å². The predicted octanol–water partition coefficient (Wildman–Crippen LogP) is 1.47. The summed E-state index contributed by atoms with van der Waals surface area (Å²) in [5.74, 6) is -0.959. The molecule has 0 atom stereocenters. The number of carboxylic acids is 1. The van der Waals surface area contributed by atoms with E-state index < -0.39 is 17.5 Å². The molecule has 0 spiro atoms. The lowest BCUT2D eigenvalue weighted by Gasteiger charge is -2.13. The Morgan fingerprint density at radius 2 is 2.18 bits per heavy atom. The third-order valence-electron chi connectivity index (χ3n) is 2.91. The van der Waals surface area contributed by atoms with Gasteiger partial charge in [-0.2, -0.15) is 11.3 Å². The van der Waals surface area contributed by atoms with Crippen molar-refractivity contribution in [3.8, 4) is 0 Å². The predicted molar refractivity (Wildman–Crippen MR) is 64.0 cm³/mol. The fourth-order valence-electron chi connectivity index (χ4n) is 1.52. The summed E-state index contributed by atoms with van der Waals surface area (Å²) in [7, 11) is 0. The summed E-state index contributed by atoms with van der Waals surface area (Å²) in [5.41, 5.74) is 1.17. The molecule has 0 bridgehead atoms. The smallest absolute Gasteiger partial charge is 0.329 e. The van der Waals surface area contributed by atoms with Gasteiger partial charge in [-0.25, -0.2) is 9.59 Å². The van der Waals surface area contributed by atoms with Crippen molar-refractivity contribution in [1.82, 2.24) is 10.6 Å². The van der Waals surface area contributed by atoms with Crippen LogP contribution >= 0.6 is 11.3 Å². The van der Waals surface area contributed by atoms with Crippen molar-refractivity contribution in [1.29, 1.82) is 0 Å². The molecule has 0 aromatic carbocycles. The van der Waals surface area contributed by atoms with E-state index in [-0.39, 0.29) is 0 Å². The van der Waals surface area contributed by atoms with Gasteiger partial charge in [-0.1, -0.05) is 0 Å². The standard InChI is InChI=1S/C11H14N2O3S/c1-7-5-17-6-8(7)4-12-10(16)13-11(2-3-11)9(14)15/h5-6H,2-4H2,1H3,(H,14,15)(H2,12,13,16). The number of hydrogen-bond donors (Lipinski definition) is 3. The van der Waals surface area contributed by atoms with Crippen LogP contribution in [0.15, 0.2) is 10.8 Å². The molecule has 2 amide bonds. The number of carbonyl (C=O) groups is 2. The Morgan fingerprint density at radius 3 is 2.65 bits per heavy atom. The van der Waals surface area contributed by atoms with Crippen molar-refractivity contribution < 1.29 is 14.7 Å². The van der Waals surface area contributed by atoms with Gasteiger partial charge in [0.2, 0.25) is 0 Å². The summed E-state index contributed by atoms with van der Waals surface area (Å²) in [6.45, 7) is 2.40. The molecule has 5 nitrogen and oxygen atoms in total. The largest absolute Gasteiger partial charge is 0.480 e. The first-order valence-electron chi connectivity index (χ1n) is 5.34. The van der Waals surface area contributed by atoms with Crippen LogP contribution in [0.25, 0.3) is 0 Å². The molecule has 2 rings (SSSR count). The summed E-state index contributed by atoms with van der Waals surface area (Å²) >= 11 is 1.58. The van der Waals surface area contributed by atoms with E-state index in [1.54, 1.807) is 11.3 Å². The minimum atomic E-state index is -1.02. The van der Waals surface area contributed by atoms with Gasteiger partial charge >= 0.3 is 12.0 Å². The first kappa shape index (κ1) is 11.9. The van der Waals surface area contributed by atoms with E-state index in [9.17, 15) is 9.59 Å². The third kappa shape index (κ3) is 2.58. The van der Waals surface area contributed by atoms with Crippen LogP contribution in [0.4, 0.5) is 4.79 Å². The number of urea groups is 1. The molecule has 6 heteroatoms. The van der Waals surface area contributed by atoms with Gasteiger partial charge in [0.15, 0.2) is 0 Å². The lowest BCUT2D eigenvalue weighted by atomic mass is 10.2. The molecule has 0 unspecified atom stereocenters. The second-order valence-electron chi connectivity index (χ2n) is 4.27. The second-order valence-corrected chi connectivity index (χ2v) is 5.02. The van der Waals surface area contributed by atoms with Gasteiger partial charge in [0.25, 0.3) is 0 Å². The van der Waals surface area contributed by atoms with E-state index in [0.29, 0.717) is 19.4 Å². The molecule has 17 heavy (non-hydrogen) atoms. The summed E-state index contributed by atoms with van der Waals surface area (Å²) in [6.07, 6.45) is 1.01. The van der Waals surface area contributed by atoms with Crippen LogP contribution in [-0.2, 0) is 11.3 Å². The molecular formula is C11H14N2O3S. The van der Waals surface area contributed by atoms with Crippen LogP contribution in [0.1, 0.15) is 24.0 Å². The van der Waals surface area contributed by atoms with Crippen molar-refractivity contribution in [3.05, 3.63) is 21.9 Å². The van der Waals surface area contributed by atoms with Crippen LogP contribution in [-0.4, -0.2) is 22.6 Å². The highest BCUT2D eigenvalue weighted by Gasteiger charge is 2.51. The lowest BCUT2D eigenvalue weighted by molar-refractivity contribution is -0.140. The average molecular weight is 254 g/mol. The Balaban J connectivity index is 1.83. The molecule has 1 aliphatic carbocycles. The van der Waals surface area contributed by atoms with Gasteiger partial charge in [-0.05, 0) is 41.7 Å². The number of rotatable bonds is 4. The van der Waals surface area contributed by atoms with Crippen molar-refractivity contribution >= 4 is 23.3 Å². The molecule has 1 fully saturated rings. The zero-order valence-corrected chi connectivity index (χ0v) is 10.3. The first-order valence-corrected chi connectivity index (χ1v) is 6.29. The molecule has 1 aromatic heterocycles. The van der Waals surface area contributed by atoms with E-state index in [1.807, 2.05) is 17.7 Å². The van der Waals surface area contributed by atoms with Gasteiger partial charge < -0.3 is 15.7 Å². The molecule has 0 aliphatic heterocycles. The summed E-state index contributed by atoms with van der Waals surface area (Å²) in [4.78, 5) is 22.4. The number of carboxylic acid groups (broad SMARTS) is 1. The fraction of sp³-hybridized carbons (Fsp3) is 0.455. The Bertz CT molecular complexity index is 451. The fourth-order valence-corrected chi connectivity index (χ4v) is 2.38. The SMILES string of the molecule is Cc1cscc1CNC(=O)NC1(C(=O)O)CC1. The van der Waals surface area contributed by atoms with Crippen LogP contribution in [0.2, 0.25) is 0 Å². The van der Waals surface area contributed by atoms with Gasteiger partial charge in [0.05, 0.1) is 0 Å². The van der Waals surface area contributed by atoms with Crippen molar-refractivity contribution in [2.24, 2.45) is 0 Å². The number of nitrogens with one attached hydrogen (secondary N) is 2. The highest BCUT2D eigenvalue weighted by atomic mass is 32.1. The topological polar surface area (TPSA) is 78.4 Å². The van der Waals surface area contributed by atoms with Crippen molar-refractivity contribution in [2.75, 3.05) is 0 Å². The first-order chi connectivity index (χ1) is 8.03. The Kier molecular flexibility index (Phi) is 3.06. The Morgan fingerprint density at radius 1 is 1.47 bits per heavy atom. The molecule has 1 aliphatic rings. The number of amides is 2. The van der Waals surface area contributed by atoms with Gasteiger partial charge in [0.1, 0.15) is 5.54 Å². The molecule has 1 heterocycles. The third-order valence-corrected chi connectivity index (χ3v) is 3.82. The van der Waals surface area contributed by atoms with Gasteiger partial charge in [-0.3, -0.25) is 0 Å². The van der Waals surface area contributed by atoms with E-state index in [0.717, 1.165) is 11.1 Å². The molecule has 1 aromatic rings. The maximum Gasteiger partial charge on any atom is 0.329 e. The molecule has 1 saturated carbocycles.